The first-order chi connectivity index (χ1) is 17.5. The summed E-state index contributed by atoms with van der Waals surface area (Å²) in [6.07, 6.45) is -6.25. The summed E-state index contributed by atoms with van der Waals surface area (Å²) in [5.41, 5.74) is 1.68. The number of aromatic nitrogens is 2. The van der Waals surface area contributed by atoms with Gasteiger partial charge in [-0.15, -0.1) is 0 Å². The molecule has 0 aliphatic heterocycles. The van der Waals surface area contributed by atoms with E-state index in [4.69, 9.17) is 10.5 Å². The van der Waals surface area contributed by atoms with Gasteiger partial charge in [0.1, 0.15) is 11.4 Å². The molecule has 1 heterocycles. The first kappa shape index (κ1) is 28.2. The fraction of sp³-hybridized carbons (Fsp3) is 0.217. The molecule has 0 saturated heterocycles. The molecule has 0 spiro atoms. The molecule has 1 atom stereocenters. The highest BCUT2D eigenvalue weighted by Crippen LogP contribution is 2.31. The van der Waals surface area contributed by atoms with Crippen LogP contribution in [-0.2, 0) is 35.0 Å². The molecule has 2 aromatic carbocycles. The second kappa shape index (κ2) is 10.2. The molecular formula is C23H21F3N4O7S. The standard InChI is InChI=1S/C23H21F3N4O7S/c1-12(18(31)17-19(27)29(2)22(34)30(3)20(17)32)37-21(33)13-6-4-9-16(10-13)38(35,36)28-15-8-5-7-14(11-15)23(24,25)26/h4-12,28H,27H2,1-3H3. The van der Waals surface area contributed by atoms with Crippen LogP contribution in [0.4, 0.5) is 24.7 Å². The fourth-order valence-electron chi connectivity index (χ4n) is 3.34. The number of ketones is 1. The molecule has 0 radical (unpaired) electrons. The molecule has 0 bridgehead atoms. The van der Waals surface area contributed by atoms with E-state index in [0.717, 1.165) is 48.9 Å². The number of anilines is 2. The molecule has 3 aromatic rings. The summed E-state index contributed by atoms with van der Waals surface area (Å²) in [4.78, 5) is 49.4. The number of sulfonamides is 1. The van der Waals surface area contributed by atoms with Crippen LogP contribution in [0.1, 0.15) is 33.2 Å². The summed E-state index contributed by atoms with van der Waals surface area (Å²) in [6, 6.07) is 7.89. The number of benzene rings is 2. The second-order valence-corrected chi connectivity index (χ2v) is 9.77. The molecule has 0 aliphatic rings. The first-order valence-electron chi connectivity index (χ1n) is 10.7. The molecular weight excluding hydrogens is 533 g/mol. The lowest BCUT2D eigenvalue weighted by molar-refractivity contribution is -0.137. The highest BCUT2D eigenvalue weighted by molar-refractivity contribution is 7.92. The Balaban J connectivity index is 1.84. The van der Waals surface area contributed by atoms with E-state index in [-0.39, 0.29) is 11.3 Å². The van der Waals surface area contributed by atoms with Crippen molar-refractivity contribution in [3.63, 3.8) is 0 Å². The highest BCUT2D eigenvalue weighted by Gasteiger charge is 2.31. The number of nitrogen functional groups attached to an aromatic ring is 1. The van der Waals surface area contributed by atoms with Crippen LogP contribution in [0.3, 0.4) is 0 Å². The molecule has 11 nitrogen and oxygen atoms in total. The van der Waals surface area contributed by atoms with Crippen molar-refractivity contribution in [1.29, 1.82) is 0 Å². The number of hydrogen-bond donors (Lipinski definition) is 2. The van der Waals surface area contributed by atoms with Crippen LogP contribution in [0.15, 0.2) is 63.0 Å². The smallest absolute Gasteiger partial charge is 0.416 e. The highest BCUT2D eigenvalue weighted by atomic mass is 32.2. The quantitative estimate of drug-likeness (QED) is 0.331. The first-order valence-corrected chi connectivity index (χ1v) is 12.1. The Hall–Kier alpha value is -4.40. The number of nitrogens with zero attached hydrogens (tertiary/aromatic N) is 2. The fourth-order valence-corrected chi connectivity index (χ4v) is 4.44. The molecule has 0 aliphatic carbocycles. The van der Waals surface area contributed by atoms with Crippen LogP contribution in [0.2, 0.25) is 0 Å². The minimum absolute atomic E-state index is 0.307. The van der Waals surface area contributed by atoms with E-state index in [1.54, 1.807) is 0 Å². The number of halogens is 3. The number of alkyl halides is 3. The molecule has 0 fully saturated rings. The second-order valence-electron chi connectivity index (χ2n) is 8.09. The minimum Gasteiger partial charge on any atom is -0.451 e. The van der Waals surface area contributed by atoms with Crippen LogP contribution in [-0.4, -0.2) is 35.4 Å². The number of carbonyl (C=O) groups excluding carboxylic acids is 2. The van der Waals surface area contributed by atoms with Crippen LogP contribution in [0.25, 0.3) is 0 Å². The molecule has 15 heteroatoms. The number of Topliss-reactive ketones (excluding diaryl/α,β-unsaturated/α-hetero) is 1. The Morgan fingerprint density at radius 1 is 1.03 bits per heavy atom. The topological polar surface area (TPSA) is 160 Å². The molecule has 202 valence electrons. The Kier molecular flexibility index (Phi) is 7.53. The van der Waals surface area contributed by atoms with Crippen molar-refractivity contribution in [3.8, 4) is 0 Å². The van der Waals surface area contributed by atoms with Gasteiger partial charge in [0.05, 0.1) is 16.0 Å². The summed E-state index contributed by atoms with van der Waals surface area (Å²) in [6.45, 7) is 1.15. The average molecular weight is 555 g/mol. The summed E-state index contributed by atoms with van der Waals surface area (Å²) in [5, 5.41) is 0. The van der Waals surface area contributed by atoms with Gasteiger partial charge in [0.15, 0.2) is 6.10 Å². The van der Waals surface area contributed by atoms with Crippen molar-refractivity contribution in [1.82, 2.24) is 9.13 Å². The van der Waals surface area contributed by atoms with Crippen molar-refractivity contribution in [2.24, 2.45) is 14.1 Å². The molecule has 38 heavy (non-hydrogen) atoms. The van der Waals surface area contributed by atoms with E-state index in [9.17, 15) is 40.8 Å². The van der Waals surface area contributed by atoms with Crippen molar-refractivity contribution >= 4 is 33.3 Å². The van der Waals surface area contributed by atoms with Crippen LogP contribution < -0.4 is 21.7 Å². The molecule has 1 unspecified atom stereocenters. The Morgan fingerprint density at radius 3 is 2.29 bits per heavy atom. The van der Waals surface area contributed by atoms with E-state index >= 15 is 0 Å². The zero-order chi connectivity index (χ0) is 28.6. The number of rotatable bonds is 7. The maximum Gasteiger partial charge on any atom is 0.416 e. The van der Waals surface area contributed by atoms with Crippen LogP contribution in [0, 0.1) is 0 Å². The van der Waals surface area contributed by atoms with Gasteiger partial charge in [-0.1, -0.05) is 12.1 Å². The number of hydrogen-bond acceptors (Lipinski definition) is 8. The van der Waals surface area contributed by atoms with Gasteiger partial charge in [-0.25, -0.2) is 18.0 Å². The van der Waals surface area contributed by atoms with Gasteiger partial charge in [-0.2, -0.15) is 13.2 Å². The molecule has 0 amide bonds. The number of carbonyl (C=O) groups is 2. The molecule has 3 N–H and O–H groups in total. The van der Waals surface area contributed by atoms with Gasteiger partial charge >= 0.3 is 17.8 Å². The average Bonchev–Trinajstić information content (AvgIpc) is 2.85. The summed E-state index contributed by atoms with van der Waals surface area (Å²) in [7, 11) is -2.05. The Morgan fingerprint density at radius 2 is 1.66 bits per heavy atom. The zero-order valence-corrected chi connectivity index (χ0v) is 20.9. The monoisotopic (exact) mass is 554 g/mol. The third-order valence-corrected chi connectivity index (χ3v) is 6.81. The number of esters is 1. The predicted molar refractivity (Wildman–Crippen MR) is 129 cm³/mol. The van der Waals surface area contributed by atoms with Gasteiger partial charge in [-0.3, -0.25) is 23.4 Å². The van der Waals surface area contributed by atoms with E-state index < -0.39 is 67.1 Å². The maximum atomic E-state index is 12.9. The van der Waals surface area contributed by atoms with E-state index in [0.29, 0.717) is 10.6 Å². The third-order valence-electron chi connectivity index (χ3n) is 5.43. The van der Waals surface area contributed by atoms with E-state index in [1.807, 2.05) is 4.72 Å². The maximum absolute atomic E-state index is 12.9. The number of ether oxygens (including phenoxy) is 1. The Bertz CT molecular complexity index is 1660. The Labute approximate surface area is 213 Å². The number of nitrogens with two attached hydrogens (primary N) is 1. The minimum atomic E-state index is -4.69. The molecule has 3 rings (SSSR count). The van der Waals surface area contributed by atoms with Crippen molar-refractivity contribution in [2.75, 3.05) is 10.5 Å². The molecule has 1 aromatic heterocycles. The van der Waals surface area contributed by atoms with Crippen molar-refractivity contribution in [3.05, 3.63) is 86.1 Å². The van der Waals surface area contributed by atoms with E-state index in [2.05, 4.69) is 0 Å². The van der Waals surface area contributed by atoms with E-state index in [1.165, 1.54) is 19.2 Å². The van der Waals surface area contributed by atoms with Gasteiger partial charge in [0.2, 0.25) is 5.78 Å². The summed E-state index contributed by atoms with van der Waals surface area (Å²) < 4.78 is 72.9. The molecule has 0 saturated carbocycles. The third kappa shape index (κ3) is 5.61. The summed E-state index contributed by atoms with van der Waals surface area (Å²) >= 11 is 0. The lowest BCUT2D eigenvalue weighted by Crippen LogP contribution is -2.43. The van der Waals surface area contributed by atoms with Gasteiger partial charge in [-0.05, 0) is 43.3 Å². The SMILES string of the molecule is CC(OC(=O)c1cccc(S(=O)(=O)Nc2cccc(C(F)(F)F)c2)c1)C(=O)c1c(N)n(C)c(=O)n(C)c1=O. The lowest BCUT2D eigenvalue weighted by atomic mass is 10.1. The van der Waals surface area contributed by atoms with Crippen LogP contribution >= 0.6 is 0 Å². The van der Waals surface area contributed by atoms with Crippen LogP contribution in [0.5, 0.6) is 0 Å². The van der Waals surface area contributed by atoms with Gasteiger partial charge < -0.3 is 10.5 Å². The lowest BCUT2D eigenvalue weighted by Gasteiger charge is -2.16. The summed E-state index contributed by atoms with van der Waals surface area (Å²) in [5.74, 6) is -2.57. The van der Waals surface area contributed by atoms with Crippen molar-refractivity contribution in [2.45, 2.75) is 24.1 Å². The van der Waals surface area contributed by atoms with Crippen molar-refractivity contribution < 1.29 is 35.9 Å². The van der Waals surface area contributed by atoms with Gasteiger partial charge in [0.25, 0.3) is 15.6 Å². The predicted octanol–water partition coefficient (Wildman–Crippen LogP) is 1.91. The normalized spacial score (nSPS) is 12.6. The number of nitrogens with one attached hydrogen (secondary N) is 1. The van der Waals surface area contributed by atoms with Gasteiger partial charge in [0, 0.05) is 19.8 Å². The largest absolute Gasteiger partial charge is 0.451 e. The zero-order valence-electron chi connectivity index (χ0n) is 20.1.